The number of amides is 1. The van der Waals surface area contributed by atoms with Gasteiger partial charge in [-0.15, -0.1) is 0 Å². The molecule has 2 aliphatic carbocycles. The summed E-state index contributed by atoms with van der Waals surface area (Å²) >= 11 is 0. The number of hydrogen-bond acceptors (Lipinski definition) is 7. The number of nitriles is 1. The average Bonchev–Trinajstić information content (AvgIpc) is 3.54. The first-order chi connectivity index (χ1) is 19.4. The van der Waals surface area contributed by atoms with Crippen LogP contribution in [0.4, 0.5) is 5.82 Å². The van der Waals surface area contributed by atoms with Gasteiger partial charge in [-0.3, -0.25) is 4.79 Å². The zero-order valence-corrected chi connectivity index (χ0v) is 23.9. The second kappa shape index (κ2) is 10.9. The number of fused-ring (bicyclic) bond motifs is 3. The van der Waals surface area contributed by atoms with Crippen LogP contribution < -0.4 is 9.64 Å². The molecule has 0 saturated carbocycles. The van der Waals surface area contributed by atoms with Crippen molar-refractivity contribution in [2.75, 3.05) is 44.7 Å². The predicted molar refractivity (Wildman–Crippen MR) is 155 cm³/mol. The number of ether oxygens (including phenoxy) is 1. The van der Waals surface area contributed by atoms with Gasteiger partial charge in [-0.25, -0.2) is 0 Å². The fourth-order valence-corrected chi connectivity index (χ4v) is 7.57. The third-order valence-electron chi connectivity index (χ3n) is 9.89. The van der Waals surface area contributed by atoms with Crippen molar-refractivity contribution >= 4 is 11.7 Å². The summed E-state index contributed by atoms with van der Waals surface area (Å²) in [5, 5.41) is 9.51. The number of rotatable bonds is 6. The second-order valence-electron chi connectivity index (χ2n) is 12.1. The SMILES string of the molecule is C=CC(=O)N1CCN(c2nc(OC[C@@H]3CCCN3C)nc3c2CC[C@@]2(CCc4c(C)cccc42)C3)C[C@@H]1CC#N. The number of hydrogen-bond donors (Lipinski definition) is 0. The number of aryl methyl sites for hydroxylation is 1. The van der Waals surface area contributed by atoms with Crippen LogP contribution >= 0.6 is 0 Å². The first-order valence-corrected chi connectivity index (χ1v) is 14.8. The van der Waals surface area contributed by atoms with Crippen LogP contribution in [0.15, 0.2) is 30.9 Å². The summed E-state index contributed by atoms with van der Waals surface area (Å²) in [5.41, 5.74) is 6.82. The Hall–Kier alpha value is -3.44. The van der Waals surface area contributed by atoms with Crippen LogP contribution in [0.25, 0.3) is 0 Å². The summed E-state index contributed by atoms with van der Waals surface area (Å²) in [6.45, 7) is 9.33. The first kappa shape index (κ1) is 26.8. The van der Waals surface area contributed by atoms with Crippen molar-refractivity contribution in [1.82, 2.24) is 19.8 Å². The number of benzene rings is 1. The molecule has 2 aliphatic heterocycles. The average molecular weight is 541 g/mol. The lowest BCUT2D eigenvalue weighted by Crippen LogP contribution is -2.55. The smallest absolute Gasteiger partial charge is 0.318 e. The van der Waals surface area contributed by atoms with Crippen LogP contribution in [0, 0.1) is 18.3 Å². The molecule has 8 nitrogen and oxygen atoms in total. The Morgan fingerprint density at radius 1 is 1.20 bits per heavy atom. The Balaban J connectivity index is 1.34. The van der Waals surface area contributed by atoms with Crippen molar-refractivity contribution in [2.24, 2.45) is 0 Å². The van der Waals surface area contributed by atoms with Crippen molar-refractivity contribution in [3.05, 3.63) is 58.8 Å². The molecule has 1 amide bonds. The van der Waals surface area contributed by atoms with Crippen molar-refractivity contribution in [2.45, 2.75) is 75.8 Å². The largest absolute Gasteiger partial charge is 0.462 e. The van der Waals surface area contributed by atoms with E-state index in [4.69, 9.17) is 14.7 Å². The fraction of sp³-hybridized carbons (Fsp3) is 0.562. The molecule has 6 rings (SSSR count). The lowest BCUT2D eigenvalue weighted by Gasteiger charge is -2.42. The summed E-state index contributed by atoms with van der Waals surface area (Å²) < 4.78 is 6.33. The summed E-state index contributed by atoms with van der Waals surface area (Å²) in [5.74, 6) is 0.803. The summed E-state index contributed by atoms with van der Waals surface area (Å²) in [6.07, 6.45) is 9.11. The molecule has 1 spiro atoms. The van der Waals surface area contributed by atoms with Gasteiger partial charge < -0.3 is 19.4 Å². The second-order valence-corrected chi connectivity index (χ2v) is 12.1. The van der Waals surface area contributed by atoms with Crippen molar-refractivity contribution in [1.29, 1.82) is 5.26 Å². The zero-order chi connectivity index (χ0) is 27.9. The monoisotopic (exact) mass is 540 g/mol. The Morgan fingerprint density at radius 3 is 2.77 bits per heavy atom. The van der Waals surface area contributed by atoms with Gasteiger partial charge in [-0.2, -0.15) is 15.2 Å². The van der Waals surface area contributed by atoms with E-state index >= 15 is 0 Å². The minimum atomic E-state index is -0.203. The van der Waals surface area contributed by atoms with E-state index in [-0.39, 0.29) is 23.8 Å². The van der Waals surface area contributed by atoms with E-state index in [1.165, 1.54) is 34.8 Å². The number of piperazine rings is 1. The summed E-state index contributed by atoms with van der Waals surface area (Å²) in [7, 11) is 2.16. The first-order valence-electron chi connectivity index (χ1n) is 14.8. The van der Waals surface area contributed by atoms with Crippen LogP contribution in [0.1, 0.15) is 60.1 Å². The normalized spacial score (nSPS) is 25.9. The van der Waals surface area contributed by atoms with Crippen LogP contribution in [-0.4, -0.2) is 77.6 Å². The Labute approximate surface area is 237 Å². The lowest BCUT2D eigenvalue weighted by molar-refractivity contribution is -0.128. The van der Waals surface area contributed by atoms with Gasteiger partial charge in [0.1, 0.15) is 12.4 Å². The summed E-state index contributed by atoms with van der Waals surface area (Å²) in [4.78, 5) is 29.0. The molecule has 40 heavy (non-hydrogen) atoms. The van der Waals surface area contributed by atoms with Gasteiger partial charge in [0, 0.05) is 36.7 Å². The van der Waals surface area contributed by atoms with Crippen LogP contribution in [0.5, 0.6) is 6.01 Å². The van der Waals surface area contributed by atoms with Crippen molar-refractivity contribution in [3.63, 3.8) is 0 Å². The molecule has 0 radical (unpaired) electrons. The molecule has 0 N–H and O–H groups in total. The molecular weight excluding hydrogens is 500 g/mol. The molecule has 1 aromatic heterocycles. The molecule has 0 unspecified atom stereocenters. The number of anilines is 1. The number of carbonyl (C=O) groups excluding carboxylic acids is 1. The van der Waals surface area contributed by atoms with Gasteiger partial charge in [0.25, 0.3) is 0 Å². The number of likely N-dealkylation sites (tertiary alicyclic amines) is 1. The molecule has 2 fully saturated rings. The van der Waals surface area contributed by atoms with Crippen LogP contribution in [-0.2, 0) is 29.5 Å². The Kier molecular flexibility index (Phi) is 7.26. The third-order valence-corrected chi connectivity index (χ3v) is 9.89. The standard InChI is InChI=1S/C32H40N6O2/c1-4-29(39)38-18-17-37(20-23(38)12-15-33)30-26-11-14-32(13-10-25-22(2)7-5-9-27(25)32)19-28(26)34-31(35-30)40-21-24-8-6-16-36(24)3/h4-5,7,9,23-24H,1,6,8,10-14,16-21H2,2-3H3/t23-,24-,32-/m0/s1. The van der Waals surface area contributed by atoms with Gasteiger partial charge in [0.2, 0.25) is 5.91 Å². The predicted octanol–water partition coefficient (Wildman–Crippen LogP) is 3.75. The highest BCUT2D eigenvalue weighted by molar-refractivity contribution is 5.87. The molecule has 2 aromatic rings. The van der Waals surface area contributed by atoms with Gasteiger partial charge >= 0.3 is 6.01 Å². The van der Waals surface area contributed by atoms with Crippen molar-refractivity contribution < 1.29 is 9.53 Å². The molecule has 1 aromatic carbocycles. The minimum absolute atomic E-state index is 0.112. The van der Waals surface area contributed by atoms with Crippen molar-refractivity contribution in [3.8, 4) is 12.1 Å². The third kappa shape index (κ3) is 4.75. The molecule has 3 atom stereocenters. The van der Waals surface area contributed by atoms with Gasteiger partial charge in [-0.1, -0.05) is 24.8 Å². The number of likely N-dealkylation sites (N-methyl/N-ethyl adjacent to an activating group) is 1. The highest BCUT2D eigenvalue weighted by Crippen LogP contribution is 2.49. The zero-order valence-electron chi connectivity index (χ0n) is 23.9. The van der Waals surface area contributed by atoms with Crippen LogP contribution in [0.3, 0.4) is 0 Å². The van der Waals surface area contributed by atoms with E-state index in [9.17, 15) is 10.1 Å². The molecule has 210 valence electrons. The Morgan fingerprint density at radius 2 is 2.02 bits per heavy atom. The molecule has 4 aliphatic rings. The van der Waals surface area contributed by atoms with E-state index in [0.29, 0.717) is 38.3 Å². The topological polar surface area (TPSA) is 85.6 Å². The molecule has 3 heterocycles. The summed E-state index contributed by atoms with van der Waals surface area (Å²) in [6, 6.07) is 9.68. The highest BCUT2D eigenvalue weighted by Gasteiger charge is 2.44. The quantitative estimate of drug-likeness (QED) is 0.516. The van der Waals surface area contributed by atoms with Gasteiger partial charge in [0.15, 0.2) is 0 Å². The molecular formula is C32H40N6O2. The van der Waals surface area contributed by atoms with E-state index in [1.54, 1.807) is 4.90 Å². The van der Waals surface area contributed by atoms with E-state index in [0.717, 1.165) is 56.6 Å². The maximum atomic E-state index is 12.5. The van der Waals surface area contributed by atoms with Gasteiger partial charge in [-0.05, 0) is 88.2 Å². The van der Waals surface area contributed by atoms with E-state index in [1.807, 2.05) is 0 Å². The number of nitrogens with zero attached hydrogens (tertiary/aromatic N) is 6. The molecule has 2 saturated heterocycles. The minimum Gasteiger partial charge on any atom is -0.462 e. The fourth-order valence-electron chi connectivity index (χ4n) is 7.57. The van der Waals surface area contributed by atoms with E-state index < -0.39 is 0 Å². The molecule has 0 bridgehead atoms. The van der Waals surface area contributed by atoms with Gasteiger partial charge in [0.05, 0.1) is 24.2 Å². The van der Waals surface area contributed by atoms with E-state index in [2.05, 4.69) is 54.6 Å². The Bertz CT molecular complexity index is 1350. The van der Waals surface area contributed by atoms with Crippen LogP contribution in [0.2, 0.25) is 0 Å². The lowest BCUT2D eigenvalue weighted by atomic mass is 9.69. The maximum absolute atomic E-state index is 12.5. The number of carbonyl (C=O) groups is 1. The number of aromatic nitrogens is 2. The molecule has 8 heteroatoms. The maximum Gasteiger partial charge on any atom is 0.318 e. The highest BCUT2D eigenvalue weighted by atomic mass is 16.5.